The van der Waals surface area contributed by atoms with Crippen LogP contribution in [0.3, 0.4) is 0 Å². The molecule has 0 aliphatic carbocycles. The van der Waals surface area contributed by atoms with Gasteiger partial charge in [-0.15, -0.1) is 0 Å². The number of hydrogen-bond acceptors (Lipinski definition) is 3. The molecule has 1 atom stereocenters. The first-order valence-corrected chi connectivity index (χ1v) is 6.84. The standard InChI is InChI=1S/C16H15F3N2O2/c1-23-9-14(13-4-2-3-5-20-13)21-15(22)8-10-6-11(17)16(19)12(18)7-10/h2-7,14H,8-9H2,1H3,(H,21,22)/t14-/m1/s1. The second-order valence-corrected chi connectivity index (χ2v) is 4.88. The van der Waals surface area contributed by atoms with Crippen LogP contribution in [0.2, 0.25) is 0 Å². The Labute approximate surface area is 131 Å². The van der Waals surface area contributed by atoms with E-state index in [1.807, 2.05) is 0 Å². The van der Waals surface area contributed by atoms with Crippen molar-refractivity contribution in [3.05, 3.63) is 65.2 Å². The summed E-state index contributed by atoms with van der Waals surface area (Å²) in [6, 6.07) is 6.32. The van der Waals surface area contributed by atoms with Crippen molar-refractivity contribution >= 4 is 5.91 Å². The van der Waals surface area contributed by atoms with Crippen LogP contribution in [0, 0.1) is 17.5 Å². The zero-order chi connectivity index (χ0) is 16.8. The second-order valence-electron chi connectivity index (χ2n) is 4.88. The van der Waals surface area contributed by atoms with Crippen LogP contribution in [-0.2, 0) is 16.0 Å². The molecule has 2 aromatic rings. The number of hydrogen-bond donors (Lipinski definition) is 1. The SMILES string of the molecule is COC[C@@H](NC(=O)Cc1cc(F)c(F)c(F)c1)c1ccccn1. The third-order valence-corrected chi connectivity index (χ3v) is 3.12. The van der Waals surface area contributed by atoms with Crippen LogP contribution in [0.25, 0.3) is 0 Å². The van der Waals surface area contributed by atoms with Crippen molar-refractivity contribution in [2.45, 2.75) is 12.5 Å². The maximum atomic E-state index is 13.2. The van der Waals surface area contributed by atoms with Gasteiger partial charge in [-0.25, -0.2) is 13.2 Å². The van der Waals surface area contributed by atoms with Gasteiger partial charge < -0.3 is 10.1 Å². The maximum absolute atomic E-state index is 13.2. The van der Waals surface area contributed by atoms with Gasteiger partial charge in [0, 0.05) is 13.3 Å². The number of rotatable bonds is 6. The van der Waals surface area contributed by atoms with Crippen LogP contribution in [0.1, 0.15) is 17.3 Å². The van der Waals surface area contributed by atoms with Gasteiger partial charge >= 0.3 is 0 Å². The molecule has 0 saturated carbocycles. The van der Waals surface area contributed by atoms with E-state index in [-0.39, 0.29) is 18.6 Å². The summed E-state index contributed by atoms with van der Waals surface area (Å²) in [6.07, 6.45) is 1.29. The molecule has 1 aromatic heterocycles. The fourth-order valence-corrected chi connectivity index (χ4v) is 2.09. The molecule has 0 bridgehead atoms. The summed E-state index contributed by atoms with van der Waals surface area (Å²) in [6.45, 7) is 0.189. The van der Waals surface area contributed by atoms with Crippen molar-refractivity contribution in [1.82, 2.24) is 10.3 Å². The number of ether oxygens (including phenoxy) is 1. The lowest BCUT2D eigenvalue weighted by Gasteiger charge is -2.17. The summed E-state index contributed by atoms with van der Waals surface area (Å²) in [4.78, 5) is 16.2. The molecule has 7 heteroatoms. The smallest absolute Gasteiger partial charge is 0.225 e. The van der Waals surface area contributed by atoms with E-state index in [1.165, 1.54) is 7.11 Å². The predicted octanol–water partition coefficient (Wildman–Crippen LogP) is 2.55. The number of methoxy groups -OCH3 is 1. The monoisotopic (exact) mass is 324 g/mol. The largest absolute Gasteiger partial charge is 0.382 e. The lowest BCUT2D eigenvalue weighted by Crippen LogP contribution is -2.33. The van der Waals surface area contributed by atoms with Gasteiger partial charge in [-0.2, -0.15) is 0 Å². The minimum atomic E-state index is -1.56. The molecule has 1 heterocycles. The molecule has 0 aliphatic rings. The number of nitrogens with zero attached hydrogens (tertiary/aromatic N) is 1. The van der Waals surface area contributed by atoms with Gasteiger partial charge in [-0.3, -0.25) is 9.78 Å². The molecule has 0 aliphatic heterocycles. The van der Waals surface area contributed by atoms with Crippen molar-refractivity contribution in [3.63, 3.8) is 0 Å². The molecule has 23 heavy (non-hydrogen) atoms. The first kappa shape index (κ1) is 17.0. The normalized spacial score (nSPS) is 12.0. The van der Waals surface area contributed by atoms with Crippen molar-refractivity contribution in [1.29, 1.82) is 0 Å². The second kappa shape index (κ2) is 7.73. The van der Waals surface area contributed by atoms with E-state index in [1.54, 1.807) is 24.4 Å². The Kier molecular flexibility index (Phi) is 5.70. The number of nitrogens with one attached hydrogen (secondary N) is 1. The topological polar surface area (TPSA) is 51.2 Å². The van der Waals surface area contributed by atoms with Crippen LogP contribution >= 0.6 is 0 Å². The molecule has 0 saturated heterocycles. The average Bonchev–Trinajstić information content (AvgIpc) is 2.53. The van der Waals surface area contributed by atoms with E-state index in [9.17, 15) is 18.0 Å². The van der Waals surface area contributed by atoms with E-state index in [0.717, 1.165) is 12.1 Å². The van der Waals surface area contributed by atoms with Gasteiger partial charge in [0.2, 0.25) is 5.91 Å². The molecule has 4 nitrogen and oxygen atoms in total. The molecule has 1 N–H and O–H groups in total. The first-order valence-electron chi connectivity index (χ1n) is 6.84. The highest BCUT2D eigenvalue weighted by Crippen LogP contribution is 2.15. The first-order chi connectivity index (χ1) is 11.0. The van der Waals surface area contributed by atoms with Crippen LogP contribution in [0.5, 0.6) is 0 Å². The Morgan fingerprint density at radius 1 is 1.26 bits per heavy atom. The fraction of sp³-hybridized carbons (Fsp3) is 0.250. The lowest BCUT2D eigenvalue weighted by molar-refractivity contribution is -0.121. The Morgan fingerprint density at radius 3 is 2.52 bits per heavy atom. The van der Waals surface area contributed by atoms with E-state index in [4.69, 9.17) is 4.74 Å². The maximum Gasteiger partial charge on any atom is 0.225 e. The molecule has 122 valence electrons. The van der Waals surface area contributed by atoms with Crippen LogP contribution in [-0.4, -0.2) is 24.6 Å². The van der Waals surface area contributed by atoms with Crippen molar-refractivity contribution in [2.75, 3.05) is 13.7 Å². The number of carbonyl (C=O) groups is 1. The number of pyridine rings is 1. The van der Waals surface area contributed by atoms with Gasteiger partial charge in [0.1, 0.15) is 0 Å². The van der Waals surface area contributed by atoms with Gasteiger partial charge in [0.15, 0.2) is 17.5 Å². The predicted molar refractivity (Wildman–Crippen MR) is 77.0 cm³/mol. The number of carbonyl (C=O) groups excluding carboxylic acids is 1. The number of aromatic nitrogens is 1. The summed E-state index contributed by atoms with van der Waals surface area (Å²) in [5.74, 6) is -4.69. The van der Waals surface area contributed by atoms with E-state index in [0.29, 0.717) is 5.69 Å². The van der Waals surface area contributed by atoms with Gasteiger partial charge in [0.05, 0.1) is 24.8 Å². The van der Waals surface area contributed by atoms with Crippen molar-refractivity contribution < 1.29 is 22.7 Å². The highest BCUT2D eigenvalue weighted by atomic mass is 19.2. The summed E-state index contributed by atoms with van der Waals surface area (Å²) < 4.78 is 44.3. The van der Waals surface area contributed by atoms with E-state index < -0.39 is 29.4 Å². The molecule has 0 unspecified atom stereocenters. The summed E-state index contributed by atoms with van der Waals surface area (Å²) in [7, 11) is 1.48. The number of amides is 1. The van der Waals surface area contributed by atoms with Crippen LogP contribution in [0.15, 0.2) is 36.5 Å². The third kappa shape index (κ3) is 4.53. The molecule has 1 aromatic carbocycles. The average molecular weight is 324 g/mol. The molecule has 2 rings (SSSR count). The van der Waals surface area contributed by atoms with Gasteiger partial charge in [-0.05, 0) is 29.8 Å². The van der Waals surface area contributed by atoms with Crippen LogP contribution < -0.4 is 5.32 Å². The Hall–Kier alpha value is -2.41. The highest BCUT2D eigenvalue weighted by molar-refractivity contribution is 5.79. The molecule has 0 spiro atoms. The Morgan fingerprint density at radius 2 is 1.96 bits per heavy atom. The summed E-state index contributed by atoms with van der Waals surface area (Å²) in [5, 5.41) is 2.67. The zero-order valence-electron chi connectivity index (χ0n) is 12.4. The van der Waals surface area contributed by atoms with Crippen LogP contribution in [0.4, 0.5) is 13.2 Å². The number of benzene rings is 1. The highest BCUT2D eigenvalue weighted by Gasteiger charge is 2.17. The number of halogens is 3. The zero-order valence-corrected chi connectivity index (χ0v) is 12.4. The third-order valence-electron chi connectivity index (χ3n) is 3.12. The van der Waals surface area contributed by atoms with Gasteiger partial charge in [0.25, 0.3) is 0 Å². The summed E-state index contributed by atoms with van der Waals surface area (Å²) >= 11 is 0. The quantitative estimate of drug-likeness (QED) is 0.831. The molecule has 0 fully saturated rings. The fourth-order valence-electron chi connectivity index (χ4n) is 2.09. The minimum absolute atomic E-state index is 0.0380. The Balaban J connectivity index is 2.08. The molecule has 0 radical (unpaired) electrons. The molecular weight excluding hydrogens is 309 g/mol. The lowest BCUT2D eigenvalue weighted by atomic mass is 10.1. The van der Waals surface area contributed by atoms with Crippen molar-refractivity contribution in [3.8, 4) is 0 Å². The van der Waals surface area contributed by atoms with Gasteiger partial charge in [-0.1, -0.05) is 6.07 Å². The summed E-state index contributed by atoms with van der Waals surface area (Å²) in [5.41, 5.74) is 0.634. The minimum Gasteiger partial charge on any atom is -0.382 e. The molecule has 1 amide bonds. The van der Waals surface area contributed by atoms with E-state index in [2.05, 4.69) is 10.3 Å². The van der Waals surface area contributed by atoms with E-state index >= 15 is 0 Å². The Bertz CT molecular complexity index is 657. The van der Waals surface area contributed by atoms with Crippen molar-refractivity contribution in [2.24, 2.45) is 0 Å². The molecular formula is C16H15F3N2O2.